The maximum absolute atomic E-state index is 13.6. The van der Waals surface area contributed by atoms with E-state index in [2.05, 4.69) is 21.7 Å². The highest BCUT2D eigenvalue weighted by atomic mass is 35.5. The number of carbonyl (C=O) groups excluding carboxylic acids is 2. The number of aromatic amines is 1. The zero-order chi connectivity index (χ0) is 25.3. The highest BCUT2D eigenvalue weighted by molar-refractivity contribution is 6.35. The third kappa shape index (κ3) is 4.97. The van der Waals surface area contributed by atoms with E-state index in [-0.39, 0.29) is 23.1 Å². The molecule has 3 aliphatic rings. The highest BCUT2D eigenvalue weighted by Gasteiger charge is 2.49. The van der Waals surface area contributed by atoms with E-state index in [1.165, 1.54) is 6.42 Å². The van der Waals surface area contributed by atoms with Gasteiger partial charge in [0, 0.05) is 24.4 Å². The summed E-state index contributed by atoms with van der Waals surface area (Å²) >= 11 is 6.34. The Labute approximate surface area is 216 Å². The number of likely N-dealkylation sites (tertiary alicyclic amines) is 1. The van der Waals surface area contributed by atoms with Crippen LogP contribution in [0, 0.1) is 22.7 Å². The largest absolute Gasteiger partial charge is 0.372 e. The Morgan fingerprint density at radius 1 is 1.31 bits per heavy atom. The first-order valence-corrected chi connectivity index (χ1v) is 13.5. The molecule has 36 heavy (non-hydrogen) atoms. The molecule has 1 saturated carbocycles. The number of carbonyl (C=O) groups is 2. The average molecular weight is 512 g/mol. The van der Waals surface area contributed by atoms with Crippen LogP contribution in [0.3, 0.4) is 0 Å². The molecule has 3 fully saturated rings. The lowest BCUT2D eigenvalue weighted by Crippen LogP contribution is -2.49. The van der Waals surface area contributed by atoms with Gasteiger partial charge in [0.2, 0.25) is 11.8 Å². The lowest BCUT2D eigenvalue weighted by Gasteiger charge is -2.34. The van der Waals surface area contributed by atoms with Gasteiger partial charge in [0.05, 0.1) is 28.3 Å². The number of nitrogens with zero attached hydrogens (tertiary/aromatic N) is 2. The smallest absolute Gasteiger partial charge is 0.238 e. The van der Waals surface area contributed by atoms with E-state index in [0.29, 0.717) is 36.6 Å². The Hall–Kier alpha value is -2.60. The van der Waals surface area contributed by atoms with Gasteiger partial charge in [-0.05, 0) is 56.1 Å². The molecule has 9 heteroatoms. The summed E-state index contributed by atoms with van der Waals surface area (Å²) in [6, 6.07) is 8.36. The monoisotopic (exact) mass is 511 g/mol. The number of aliphatic hydroxyl groups is 1. The van der Waals surface area contributed by atoms with Crippen molar-refractivity contribution in [1.29, 1.82) is 5.26 Å². The van der Waals surface area contributed by atoms with Gasteiger partial charge >= 0.3 is 0 Å². The Balaban J connectivity index is 1.36. The van der Waals surface area contributed by atoms with Gasteiger partial charge in [0.25, 0.3) is 0 Å². The molecule has 5 rings (SSSR count). The third-order valence-corrected chi connectivity index (χ3v) is 8.69. The molecule has 2 amide bonds. The van der Waals surface area contributed by atoms with E-state index in [4.69, 9.17) is 11.6 Å². The van der Waals surface area contributed by atoms with Gasteiger partial charge < -0.3 is 20.7 Å². The minimum Gasteiger partial charge on any atom is -0.372 e. The summed E-state index contributed by atoms with van der Waals surface area (Å²) in [5.74, 6) is -0.574. The molecule has 1 spiro atoms. The van der Waals surface area contributed by atoms with E-state index in [0.717, 1.165) is 49.4 Å². The van der Waals surface area contributed by atoms with Crippen molar-refractivity contribution in [2.75, 3.05) is 13.1 Å². The van der Waals surface area contributed by atoms with Crippen LogP contribution >= 0.6 is 11.6 Å². The van der Waals surface area contributed by atoms with Gasteiger partial charge in [0.15, 0.2) is 0 Å². The molecule has 1 aliphatic carbocycles. The molecular formula is C27H34ClN5O3. The fraction of sp³-hybridized carbons (Fsp3) is 0.593. The standard InChI is InChI=1S/C27H34ClN5O3/c28-20-8-4-6-17-13-21(32-23(17)20)26(36)33-16-27(9-2-1-3-10-27)14-22(33)25(35)31-19(15-29)12-18-7-5-11-30-24(18)34/h4,6,8,13,18-19,22,26,32,36H,1-3,5,7,9-12,14,16H2,(H,30,34)(H,31,35)/t18-,19-,22?,26?/m0/s1. The number of rotatable bonds is 6. The first-order valence-electron chi connectivity index (χ1n) is 13.1. The number of nitrogens with one attached hydrogen (secondary N) is 3. The van der Waals surface area contributed by atoms with Crippen molar-refractivity contribution in [3.05, 3.63) is 35.0 Å². The number of aromatic nitrogens is 1. The molecule has 2 aromatic rings. The number of para-hydroxylation sites is 1. The number of benzene rings is 1. The lowest BCUT2D eigenvalue weighted by atomic mass is 9.72. The topological polar surface area (TPSA) is 121 Å². The molecule has 2 unspecified atom stereocenters. The maximum atomic E-state index is 13.6. The number of amides is 2. The van der Waals surface area contributed by atoms with E-state index in [1.807, 2.05) is 23.1 Å². The molecule has 2 saturated heterocycles. The van der Waals surface area contributed by atoms with Gasteiger partial charge in [-0.1, -0.05) is 43.0 Å². The first kappa shape index (κ1) is 25.1. The van der Waals surface area contributed by atoms with Crippen molar-refractivity contribution in [1.82, 2.24) is 20.5 Å². The number of halogens is 1. The molecule has 8 nitrogen and oxygen atoms in total. The summed E-state index contributed by atoms with van der Waals surface area (Å²) in [5.41, 5.74) is 1.34. The van der Waals surface area contributed by atoms with E-state index >= 15 is 0 Å². The summed E-state index contributed by atoms with van der Waals surface area (Å²) in [5, 5.41) is 28.5. The number of H-pyrrole nitrogens is 1. The number of fused-ring (bicyclic) bond motifs is 1. The van der Waals surface area contributed by atoms with Crippen molar-refractivity contribution >= 4 is 34.3 Å². The second kappa shape index (κ2) is 10.4. The maximum Gasteiger partial charge on any atom is 0.238 e. The predicted octanol–water partition coefficient (Wildman–Crippen LogP) is 3.76. The van der Waals surface area contributed by atoms with Gasteiger partial charge in [-0.25, -0.2) is 0 Å². The summed E-state index contributed by atoms with van der Waals surface area (Å²) in [6.07, 6.45) is 7.05. The van der Waals surface area contributed by atoms with Crippen LogP contribution in [0.25, 0.3) is 10.9 Å². The van der Waals surface area contributed by atoms with Crippen LogP contribution in [-0.2, 0) is 9.59 Å². The predicted molar refractivity (Wildman–Crippen MR) is 137 cm³/mol. The number of nitriles is 1. The molecule has 3 heterocycles. The zero-order valence-corrected chi connectivity index (χ0v) is 21.2. The fourth-order valence-corrected chi connectivity index (χ4v) is 6.70. The molecule has 0 bridgehead atoms. The van der Waals surface area contributed by atoms with Gasteiger partial charge in [-0.15, -0.1) is 0 Å². The van der Waals surface area contributed by atoms with Gasteiger partial charge in [-0.2, -0.15) is 5.26 Å². The molecule has 192 valence electrons. The summed E-state index contributed by atoms with van der Waals surface area (Å²) < 4.78 is 0. The number of piperidine rings is 1. The third-order valence-electron chi connectivity index (χ3n) is 8.37. The molecule has 0 radical (unpaired) electrons. The molecular weight excluding hydrogens is 478 g/mol. The summed E-state index contributed by atoms with van der Waals surface area (Å²) in [7, 11) is 0. The van der Waals surface area contributed by atoms with Crippen LogP contribution in [0.2, 0.25) is 5.02 Å². The highest BCUT2D eigenvalue weighted by Crippen LogP contribution is 2.48. The van der Waals surface area contributed by atoms with E-state index in [1.54, 1.807) is 6.07 Å². The van der Waals surface area contributed by atoms with Crippen molar-refractivity contribution in [2.45, 2.75) is 76.1 Å². The van der Waals surface area contributed by atoms with Crippen molar-refractivity contribution in [3.63, 3.8) is 0 Å². The normalized spacial score (nSPS) is 25.9. The number of aliphatic hydroxyl groups excluding tert-OH is 1. The minimum absolute atomic E-state index is 0.0176. The van der Waals surface area contributed by atoms with Gasteiger partial charge in [0.1, 0.15) is 12.3 Å². The van der Waals surface area contributed by atoms with E-state index < -0.39 is 18.3 Å². The second-order valence-corrected chi connectivity index (χ2v) is 11.2. The Morgan fingerprint density at radius 3 is 2.83 bits per heavy atom. The Bertz CT molecular complexity index is 1170. The summed E-state index contributed by atoms with van der Waals surface area (Å²) in [6.45, 7) is 1.28. The quantitative estimate of drug-likeness (QED) is 0.470. The van der Waals surface area contributed by atoms with Crippen molar-refractivity contribution in [2.24, 2.45) is 11.3 Å². The molecule has 2 aliphatic heterocycles. The second-order valence-electron chi connectivity index (χ2n) is 10.8. The van der Waals surface area contributed by atoms with Crippen molar-refractivity contribution in [3.8, 4) is 6.07 Å². The number of hydrogen-bond acceptors (Lipinski definition) is 5. The van der Waals surface area contributed by atoms with Crippen LogP contribution in [0.15, 0.2) is 24.3 Å². The minimum atomic E-state index is -1.00. The van der Waals surface area contributed by atoms with Crippen LogP contribution in [0.1, 0.15) is 69.7 Å². The molecule has 1 aromatic heterocycles. The molecule has 4 N–H and O–H groups in total. The van der Waals surface area contributed by atoms with Crippen LogP contribution < -0.4 is 10.6 Å². The molecule has 1 aromatic carbocycles. The SMILES string of the molecule is N#C[C@H](C[C@@H]1CCCNC1=O)NC(=O)C1CC2(CCCCC2)CN1C(O)c1cc2cccc(Cl)c2[nH]1. The summed E-state index contributed by atoms with van der Waals surface area (Å²) in [4.78, 5) is 30.9. The van der Waals surface area contributed by atoms with Crippen LogP contribution in [0.5, 0.6) is 0 Å². The average Bonchev–Trinajstić information content (AvgIpc) is 3.48. The lowest BCUT2D eigenvalue weighted by molar-refractivity contribution is -0.131. The zero-order valence-electron chi connectivity index (χ0n) is 20.4. The number of hydrogen-bond donors (Lipinski definition) is 4. The van der Waals surface area contributed by atoms with Gasteiger partial charge in [-0.3, -0.25) is 14.5 Å². The fourth-order valence-electron chi connectivity index (χ4n) is 6.47. The van der Waals surface area contributed by atoms with Crippen LogP contribution in [-0.4, -0.2) is 52.0 Å². The van der Waals surface area contributed by atoms with E-state index in [9.17, 15) is 20.0 Å². The van der Waals surface area contributed by atoms with Crippen LogP contribution in [0.4, 0.5) is 0 Å². The van der Waals surface area contributed by atoms with Crippen molar-refractivity contribution < 1.29 is 14.7 Å². The molecule has 4 atom stereocenters. The Morgan fingerprint density at radius 2 is 2.11 bits per heavy atom. The first-order chi connectivity index (χ1) is 17.4. The Kier molecular flexibility index (Phi) is 7.25.